The lowest BCUT2D eigenvalue weighted by Crippen LogP contribution is -2.37. The largest absolute Gasteiger partial charge is 0.281 e. The Labute approximate surface area is 78.5 Å². The average molecular weight is 187 g/mol. The zero-order chi connectivity index (χ0) is 8.93. The first-order valence-corrected chi connectivity index (χ1v) is 5.14. The lowest BCUT2D eigenvalue weighted by Gasteiger charge is -2.35. The van der Waals surface area contributed by atoms with Gasteiger partial charge < -0.3 is 0 Å². The molecule has 0 heterocycles. The summed E-state index contributed by atoms with van der Waals surface area (Å²) in [5.74, 6) is 1.84. The van der Waals surface area contributed by atoms with E-state index in [2.05, 4.69) is 13.8 Å². The molecule has 4 atom stereocenters. The van der Waals surface area contributed by atoms with E-state index in [1.807, 2.05) is 0 Å². The second-order valence-corrected chi connectivity index (χ2v) is 4.96. The lowest BCUT2D eigenvalue weighted by molar-refractivity contribution is -0.124. The highest BCUT2D eigenvalue weighted by Crippen LogP contribution is 2.60. The van der Waals surface area contributed by atoms with Crippen LogP contribution in [-0.4, -0.2) is 5.24 Å². The van der Waals surface area contributed by atoms with E-state index < -0.39 is 0 Å². The SMILES string of the molecule is CC1C2CCC(C2)C1(C)C(=O)Cl. The van der Waals surface area contributed by atoms with Gasteiger partial charge in [0.2, 0.25) is 5.24 Å². The van der Waals surface area contributed by atoms with E-state index in [9.17, 15) is 4.79 Å². The normalized spacial score (nSPS) is 51.4. The molecule has 2 heteroatoms. The predicted molar refractivity (Wildman–Crippen MR) is 49.0 cm³/mol. The zero-order valence-corrected chi connectivity index (χ0v) is 8.40. The van der Waals surface area contributed by atoms with E-state index in [0.717, 1.165) is 5.92 Å². The van der Waals surface area contributed by atoms with Crippen LogP contribution < -0.4 is 0 Å². The molecule has 1 nitrogen and oxygen atoms in total. The standard InChI is InChI=1S/C10H15ClO/c1-6-7-3-4-8(5-7)10(6,2)9(11)12/h6-8H,3-5H2,1-2H3. The van der Waals surface area contributed by atoms with Crippen LogP contribution in [0.5, 0.6) is 0 Å². The molecule has 0 aromatic carbocycles. The van der Waals surface area contributed by atoms with E-state index in [4.69, 9.17) is 11.6 Å². The maximum Gasteiger partial charge on any atom is 0.228 e. The molecule has 12 heavy (non-hydrogen) atoms. The molecule has 0 radical (unpaired) electrons. The number of halogens is 1. The Balaban J connectivity index is 2.32. The first kappa shape index (κ1) is 8.55. The number of carbonyl (C=O) groups excluding carboxylic acids is 1. The molecule has 0 aliphatic heterocycles. The molecule has 0 amide bonds. The Hall–Kier alpha value is -0.0400. The van der Waals surface area contributed by atoms with Crippen molar-refractivity contribution in [2.45, 2.75) is 33.1 Å². The minimum Gasteiger partial charge on any atom is -0.281 e. The summed E-state index contributed by atoms with van der Waals surface area (Å²) in [6, 6.07) is 0. The summed E-state index contributed by atoms with van der Waals surface area (Å²) in [6.07, 6.45) is 3.76. The molecule has 0 aromatic rings. The van der Waals surface area contributed by atoms with Crippen molar-refractivity contribution in [2.24, 2.45) is 23.2 Å². The van der Waals surface area contributed by atoms with Gasteiger partial charge in [-0.15, -0.1) is 0 Å². The van der Waals surface area contributed by atoms with E-state index in [1.54, 1.807) is 0 Å². The highest BCUT2D eigenvalue weighted by atomic mass is 35.5. The van der Waals surface area contributed by atoms with Gasteiger partial charge in [0.25, 0.3) is 0 Å². The van der Waals surface area contributed by atoms with Gasteiger partial charge in [0, 0.05) is 5.41 Å². The van der Waals surface area contributed by atoms with Crippen LogP contribution >= 0.6 is 11.6 Å². The van der Waals surface area contributed by atoms with Crippen LogP contribution in [0.4, 0.5) is 0 Å². The third kappa shape index (κ3) is 0.834. The van der Waals surface area contributed by atoms with Crippen molar-refractivity contribution >= 4 is 16.8 Å². The molecule has 0 saturated heterocycles. The van der Waals surface area contributed by atoms with E-state index in [-0.39, 0.29) is 10.7 Å². The second-order valence-electron chi connectivity index (χ2n) is 4.62. The van der Waals surface area contributed by atoms with Gasteiger partial charge in [-0.05, 0) is 48.6 Å². The molecule has 4 unspecified atom stereocenters. The molecule has 2 bridgehead atoms. The Kier molecular flexibility index (Phi) is 1.76. The summed E-state index contributed by atoms with van der Waals surface area (Å²) in [4.78, 5) is 11.3. The smallest absolute Gasteiger partial charge is 0.228 e. The van der Waals surface area contributed by atoms with Gasteiger partial charge >= 0.3 is 0 Å². The van der Waals surface area contributed by atoms with Crippen molar-refractivity contribution in [1.29, 1.82) is 0 Å². The molecule has 2 aliphatic carbocycles. The Bertz CT molecular complexity index is 222. The summed E-state index contributed by atoms with van der Waals surface area (Å²) < 4.78 is 0. The molecule has 68 valence electrons. The summed E-state index contributed by atoms with van der Waals surface area (Å²) in [6.45, 7) is 4.24. The van der Waals surface area contributed by atoms with Crippen LogP contribution in [0.2, 0.25) is 0 Å². The number of rotatable bonds is 1. The van der Waals surface area contributed by atoms with E-state index in [0.29, 0.717) is 11.8 Å². The van der Waals surface area contributed by atoms with Crippen molar-refractivity contribution in [2.75, 3.05) is 0 Å². The van der Waals surface area contributed by atoms with Gasteiger partial charge in [0.05, 0.1) is 0 Å². The van der Waals surface area contributed by atoms with Crippen LogP contribution in [0.3, 0.4) is 0 Å². The van der Waals surface area contributed by atoms with Crippen LogP contribution in [0.1, 0.15) is 33.1 Å². The predicted octanol–water partition coefficient (Wildman–Crippen LogP) is 2.82. The van der Waals surface area contributed by atoms with Crippen molar-refractivity contribution < 1.29 is 4.79 Å². The fourth-order valence-electron chi connectivity index (χ4n) is 3.22. The average Bonchev–Trinajstić information content (AvgIpc) is 2.55. The first-order valence-electron chi connectivity index (χ1n) is 4.76. The Morgan fingerprint density at radius 2 is 2.17 bits per heavy atom. The number of hydrogen-bond acceptors (Lipinski definition) is 1. The second kappa shape index (κ2) is 2.47. The highest BCUT2D eigenvalue weighted by Gasteiger charge is 2.56. The molecule has 0 spiro atoms. The third-order valence-electron chi connectivity index (χ3n) is 4.40. The third-order valence-corrected chi connectivity index (χ3v) is 4.80. The van der Waals surface area contributed by atoms with Crippen LogP contribution in [0.25, 0.3) is 0 Å². The maximum absolute atomic E-state index is 11.3. The minimum atomic E-state index is -0.204. The van der Waals surface area contributed by atoms with Gasteiger partial charge in [-0.2, -0.15) is 0 Å². The first-order chi connectivity index (χ1) is 5.56. The van der Waals surface area contributed by atoms with Crippen LogP contribution in [0.15, 0.2) is 0 Å². The molecular formula is C10H15ClO. The van der Waals surface area contributed by atoms with Gasteiger partial charge in [0.1, 0.15) is 0 Å². The molecule has 0 N–H and O–H groups in total. The quantitative estimate of drug-likeness (QED) is 0.576. The van der Waals surface area contributed by atoms with Gasteiger partial charge in [-0.3, -0.25) is 4.79 Å². The Morgan fingerprint density at radius 1 is 1.50 bits per heavy atom. The summed E-state index contributed by atoms with van der Waals surface area (Å²) in [5.41, 5.74) is -0.204. The zero-order valence-electron chi connectivity index (χ0n) is 7.64. The van der Waals surface area contributed by atoms with Crippen molar-refractivity contribution in [3.05, 3.63) is 0 Å². The number of hydrogen-bond donors (Lipinski definition) is 0. The van der Waals surface area contributed by atoms with Crippen molar-refractivity contribution in [1.82, 2.24) is 0 Å². The van der Waals surface area contributed by atoms with Crippen LogP contribution in [-0.2, 0) is 4.79 Å². The highest BCUT2D eigenvalue weighted by molar-refractivity contribution is 6.64. The van der Waals surface area contributed by atoms with Gasteiger partial charge in [-0.25, -0.2) is 0 Å². The molecule has 2 rings (SSSR count). The monoisotopic (exact) mass is 186 g/mol. The van der Waals surface area contributed by atoms with E-state index >= 15 is 0 Å². The summed E-state index contributed by atoms with van der Waals surface area (Å²) in [7, 11) is 0. The topological polar surface area (TPSA) is 17.1 Å². The number of carbonyl (C=O) groups is 1. The number of fused-ring (bicyclic) bond motifs is 2. The molecule has 2 saturated carbocycles. The fourth-order valence-corrected chi connectivity index (χ4v) is 3.54. The van der Waals surface area contributed by atoms with E-state index in [1.165, 1.54) is 19.3 Å². The molecule has 0 aromatic heterocycles. The minimum absolute atomic E-state index is 0.109. The summed E-state index contributed by atoms with van der Waals surface area (Å²) in [5, 5.41) is -0.109. The lowest BCUT2D eigenvalue weighted by atomic mass is 9.69. The molecule has 2 aliphatic rings. The van der Waals surface area contributed by atoms with Crippen molar-refractivity contribution in [3.63, 3.8) is 0 Å². The molecule has 2 fully saturated rings. The van der Waals surface area contributed by atoms with Gasteiger partial charge in [-0.1, -0.05) is 13.8 Å². The van der Waals surface area contributed by atoms with Crippen molar-refractivity contribution in [3.8, 4) is 0 Å². The van der Waals surface area contributed by atoms with Gasteiger partial charge in [0.15, 0.2) is 0 Å². The summed E-state index contributed by atoms with van der Waals surface area (Å²) >= 11 is 5.68. The fraction of sp³-hybridized carbons (Fsp3) is 0.900. The van der Waals surface area contributed by atoms with Crippen LogP contribution in [0, 0.1) is 23.2 Å². The Morgan fingerprint density at radius 3 is 2.50 bits per heavy atom. The maximum atomic E-state index is 11.3. The molecular weight excluding hydrogens is 172 g/mol.